The van der Waals surface area contributed by atoms with Crippen molar-refractivity contribution in [1.82, 2.24) is 10.2 Å². The molecule has 216 valence electrons. The van der Waals surface area contributed by atoms with Crippen LogP contribution in [0.3, 0.4) is 0 Å². The molecule has 9 heteroatoms. The zero-order chi connectivity index (χ0) is 29.9. The van der Waals surface area contributed by atoms with Gasteiger partial charge in [0, 0.05) is 12.2 Å². The minimum absolute atomic E-state index is 0.210. The van der Waals surface area contributed by atoms with Gasteiger partial charge in [0.05, 0.1) is 6.42 Å². The fourth-order valence-corrected chi connectivity index (χ4v) is 4.19. The number of aryl methyl sites for hydroxylation is 1. The van der Waals surface area contributed by atoms with Gasteiger partial charge in [0.1, 0.15) is 17.7 Å². The molecule has 2 unspecified atom stereocenters. The number of amides is 4. The second-order valence-electron chi connectivity index (χ2n) is 10.7. The number of rotatable bonds is 13. The topological polar surface area (TPSA) is 131 Å². The van der Waals surface area contributed by atoms with E-state index in [9.17, 15) is 19.2 Å². The van der Waals surface area contributed by atoms with Crippen molar-refractivity contribution in [3.63, 3.8) is 0 Å². The van der Waals surface area contributed by atoms with Gasteiger partial charge in [0.2, 0.25) is 11.8 Å². The van der Waals surface area contributed by atoms with Crippen molar-refractivity contribution in [2.75, 3.05) is 11.9 Å². The van der Waals surface area contributed by atoms with Crippen LogP contribution in [0.15, 0.2) is 55.1 Å². The molecular formula is C31H42N4O5. The van der Waals surface area contributed by atoms with Crippen LogP contribution in [0, 0.1) is 6.92 Å². The lowest BCUT2D eigenvalue weighted by molar-refractivity contribution is -0.142. The summed E-state index contributed by atoms with van der Waals surface area (Å²) in [4.78, 5) is 54.1. The summed E-state index contributed by atoms with van der Waals surface area (Å²) in [6, 6.07) is 12.1. The highest BCUT2D eigenvalue weighted by Crippen LogP contribution is 2.27. The molecule has 2 aromatic carbocycles. The molecule has 0 aliphatic rings. The van der Waals surface area contributed by atoms with Crippen LogP contribution in [0.2, 0.25) is 0 Å². The van der Waals surface area contributed by atoms with Gasteiger partial charge in [-0.1, -0.05) is 68.8 Å². The van der Waals surface area contributed by atoms with Crippen molar-refractivity contribution in [3.05, 3.63) is 71.8 Å². The standard InChI is InChI=1S/C31H42N4O5/c1-7-9-12-18-35(29(38)25(20-26(32)36)34-30(39)40-31(4,5)6)27(23-16-13-15-22(8-2)19-23)28(37)33-24-17-11-10-14-21(24)3/h8,10-11,13-17,19,25,27H,2,7,9,12,18,20H2,1,3-6H3,(H2,32,36)(H,33,37)(H,34,39). The molecule has 2 atom stereocenters. The molecular weight excluding hydrogens is 508 g/mol. The molecule has 2 aromatic rings. The van der Waals surface area contributed by atoms with Gasteiger partial charge in [-0.3, -0.25) is 14.4 Å². The Balaban J connectivity index is 2.59. The molecule has 9 nitrogen and oxygen atoms in total. The number of nitrogens with two attached hydrogens (primary N) is 1. The maximum absolute atomic E-state index is 14.1. The third-order valence-corrected chi connectivity index (χ3v) is 6.11. The van der Waals surface area contributed by atoms with E-state index in [1.54, 1.807) is 51.1 Å². The molecule has 0 spiro atoms. The van der Waals surface area contributed by atoms with Gasteiger partial charge >= 0.3 is 6.09 Å². The summed E-state index contributed by atoms with van der Waals surface area (Å²) in [6.45, 7) is 13.0. The van der Waals surface area contributed by atoms with Crippen LogP contribution in [-0.4, -0.2) is 46.9 Å². The van der Waals surface area contributed by atoms with Crippen LogP contribution in [0.25, 0.3) is 6.08 Å². The highest BCUT2D eigenvalue weighted by atomic mass is 16.6. The molecule has 0 aliphatic heterocycles. The number of primary amides is 1. The number of hydrogen-bond acceptors (Lipinski definition) is 5. The van der Waals surface area contributed by atoms with Gasteiger partial charge in [0.25, 0.3) is 5.91 Å². The number of hydrogen-bond donors (Lipinski definition) is 3. The van der Waals surface area contributed by atoms with E-state index in [1.807, 2.05) is 38.1 Å². The van der Waals surface area contributed by atoms with Crippen LogP contribution in [0.5, 0.6) is 0 Å². The number of nitrogens with zero attached hydrogens (tertiary/aromatic N) is 1. The molecule has 0 heterocycles. The first kappa shape index (κ1) is 32.1. The van der Waals surface area contributed by atoms with Gasteiger partial charge < -0.3 is 26.0 Å². The average molecular weight is 551 g/mol. The zero-order valence-corrected chi connectivity index (χ0v) is 24.2. The Morgan fingerprint density at radius 2 is 1.77 bits per heavy atom. The largest absolute Gasteiger partial charge is 0.444 e. The number of unbranched alkanes of at least 4 members (excludes halogenated alkanes) is 2. The van der Waals surface area contributed by atoms with Gasteiger partial charge in [-0.25, -0.2) is 4.79 Å². The maximum Gasteiger partial charge on any atom is 0.408 e. The quantitative estimate of drug-likeness (QED) is 0.299. The van der Waals surface area contributed by atoms with Gasteiger partial charge in [-0.2, -0.15) is 0 Å². The third kappa shape index (κ3) is 9.87. The van der Waals surface area contributed by atoms with Crippen LogP contribution < -0.4 is 16.4 Å². The Bertz CT molecular complexity index is 1200. The first-order valence-corrected chi connectivity index (χ1v) is 13.5. The van der Waals surface area contributed by atoms with E-state index in [2.05, 4.69) is 17.2 Å². The fourth-order valence-electron chi connectivity index (χ4n) is 4.19. The fraction of sp³-hybridized carbons (Fsp3) is 0.419. The zero-order valence-electron chi connectivity index (χ0n) is 24.2. The predicted octanol–water partition coefficient (Wildman–Crippen LogP) is 5.11. The van der Waals surface area contributed by atoms with E-state index >= 15 is 0 Å². The lowest BCUT2D eigenvalue weighted by Gasteiger charge is -2.34. The molecule has 0 aromatic heterocycles. The molecule has 0 fully saturated rings. The van der Waals surface area contributed by atoms with Crippen LogP contribution >= 0.6 is 0 Å². The molecule has 0 radical (unpaired) electrons. The van der Waals surface area contributed by atoms with Crippen molar-refractivity contribution in [2.24, 2.45) is 5.73 Å². The first-order chi connectivity index (χ1) is 18.9. The lowest BCUT2D eigenvalue weighted by Crippen LogP contribution is -2.53. The van der Waals surface area contributed by atoms with Crippen LogP contribution in [0.4, 0.5) is 10.5 Å². The van der Waals surface area contributed by atoms with Gasteiger partial charge in [-0.15, -0.1) is 0 Å². The molecule has 0 saturated heterocycles. The highest BCUT2D eigenvalue weighted by Gasteiger charge is 2.37. The summed E-state index contributed by atoms with van der Waals surface area (Å²) in [5.74, 6) is -1.83. The normalized spacial score (nSPS) is 12.5. The Kier molecular flexibility index (Phi) is 11.9. The summed E-state index contributed by atoms with van der Waals surface area (Å²) < 4.78 is 5.33. The third-order valence-electron chi connectivity index (χ3n) is 6.11. The molecule has 0 aliphatic carbocycles. The molecule has 40 heavy (non-hydrogen) atoms. The summed E-state index contributed by atoms with van der Waals surface area (Å²) in [7, 11) is 0. The molecule has 0 bridgehead atoms. The summed E-state index contributed by atoms with van der Waals surface area (Å²) in [6.07, 6.45) is 2.63. The number of carbonyl (C=O) groups is 4. The van der Waals surface area contributed by atoms with Crippen molar-refractivity contribution < 1.29 is 23.9 Å². The number of ether oxygens (including phenoxy) is 1. The molecule has 2 rings (SSSR count). The Morgan fingerprint density at radius 3 is 2.38 bits per heavy atom. The number of benzene rings is 2. The average Bonchev–Trinajstić information content (AvgIpc) is 2.87. The van der Waals surface area contributed by atoms with E-state index in [4.69, 9.17) is 10.5 Å². The van der Waals surface area contributed by atoms with Gasteiger partial charge in [0.15, 0.2) is 0 Å². The van der Waals surface area contributed by atoms with E-state index in [0.29, 0.717) is 17.7 Å². The molecule has 4 N–H and O–H groups in total. The SMILES string of the molecule is C=Cc1cccc(C(C(=O)Nc2ccccc2C)N(CCCCC)C(=O)C(CC(N)=O)NC(=O)OC(C)(C)C)c1. The van der Waals surface area contributed by atoms with Crippen molar-refractivity contribution in [3.8, 4) is 0 Å². The Hall–Kier alpha value is -4.14. The molecule has 0 saturated carbocycles. The van der Waals surface area contributed by atoms with E-state index < -0.39 is 47.9 Å². The smallest absolute Gasteiger partial charge is 0.408 e. The number of nitrogens with one attached hydrogen (secondary N) is 2. The van der Waals surface area contributed by atoms with E-state index in [-0.39, 0.29) is 6.54 Å². The first-order valence-electron chi connectivity index (χ1n) is 13.5. The summed E-state index contributed by atoms with van der Waals surface area (Å²) >= 11 is 0. The number of carbonyl (C=O) groups excluding carboxylic acids is 4. The lowest BCUT2D eigenvalue weighted by atomic mass is 9.99. The highest BCUT2D eigenvalue weighted by molar-refractivity contribution is 6.00. The van der Waals surface area contributed by atoms with Crippen molar-refractivity contribution in [2.45, 2.75) is 78.0 Å². The minimum Gasteiger partial charge on any atom is -0.444 e. The monoisotopic (exact) mass is 550 g/mol. The number of alkyl carbamates (subject to hydrolysis) is 1. The molecule has 4 amide bonds. The maximum atomic E-state index is 14.1. The second-order valence-corrected chi connectivity index (χ2v) is 10.7. The van der Waals surface area contributed by atoms with Crippen molar-refractivity contribution >= 4 is 35.6 Å². The Morgan fingerprint density at radius 1 is 1.07 bits per heavy atom. The predicted molar refractivity (Wildman–Crippen MR) is 157 cm³/mol. The van der Waals surface area contributed by atoms with Crippen LogP contribution in [0.1, 0.15) is 76.1 Å². The summed E-state index contributed by atoms with van der Waals surface area (Å²) in [5, 5.41) is 5.46. The van der Waals surface area contributed by atoms with E-state index in [0.717, 1.165) is 24.0 Å². The second kappa shape index (κ2) is 14.9. The Labute approximate surface area is 237 Å². The number of para-hydroxylation sites is 1. The number of anilines is 1. The van der Waals surface area contributed by atoms with Crippen molar-refractivity contribution in [1.29, 1.82) is 0 Å². The minimum atomic E-state index is -1.33. The van der Waals surface area contributed by atoms with Gasteiger partial charge in [-0.05, 0) is 62.9 Å². The van der Waals surface area contributed by atoms with E-state index in [1.165, 1.54) is 4.90 Å². The van der Waals surface area contributed by atoms with Crippen LogP contribution in [-0.2, 0) is 19.1 Å². The summed E-state index contributed by atoms with van der Waals surface area (Å²) in [5.41, 5.74) is 7.44.